The minimum absolute atomic E-state index is 0.0472. The zero-order chi connectivity index (χ0) is 24.1. The first-order chi connectivity index (χ1) is 16.4. The van der Waals surface area contributed by atoms with Gasteiger partial charge in [-0.1, -0.05) is 49.6 Å². The molecular weight excluding hydrogens is 428 g/mol. The number of fused-ring (bicyclic) bond motifs is 1. The van der Waals surface area contributed by atoms with E-state index >= 15 is 0 Å². The van der Waals surface area contributed by atoms with Gasteiger partial charge < -0.3 is 20.7 Å². The molecule has 4 rings (SSSR count). The number of amides is 2. The fraction of sp³-hybridized carbons (Fsp3) is 0.444. The molecule has 178 valence electrons. The van der Waals surface area contributed by atoms with E-state index in [1.54, 1.807) is 12.0 Å². The summed E-state index contributed by atoms with van der Waals surface area (Å²) in [6, 6.07) is 15.5. The van der Waals surface area contributed by atoms with Crippen LogP contribution in [0.5, 0.6) is 0 Å². The predicted octanol–water partition coefficient (Wildman–Crippen LogP) is 3.17. The first-order valence-corrected chi connectivity index (χ1v) is 11.9. The van der Waals surface area contributed by atoms with Crippen LogP contribution in [0.2, 0.25) is 0 Å². The van der Waals surface area contributed by atoms with Crippen molar-refractivity contribution in [3.05, 3.63) is 59.2 Å². The van der Waals surface area contributed by atoms with Crippen LogP contribution in [0.25, 0.3) is 11.1 Å². The monoisotopic (exact) mass is 460 g/mol. The van der Waals surface area contributed by atoms with Crippen molar-refractivity contribution in [3.63, 3.8) is 0 Å². The SMILES string of the molecule is COCCN1Cc2cc(-c3ccc(CC(C#N)NC(=O)C4(N)CCCCC4)cc3)ccc2C1=O. The second kappa shape index (κ2) is 10.4. The van der Waals surface area contributed by atoms with Crippen LogP contribution in [0.15, 0.2) is 42.5 Å². The van der Waals surface area contributed by atoms with E-state index in [4.69, 9.17) is 10.5 Å². The van der Waals surface area contributed by atoms with Crippen LogP contribution in [0, 0.1) is 11.3 Å². The summed E-state index contributed by atoms with van der Waals surface area (Å²) in [4.78, 5) is 27.0. The molecule has 1 fully saturated rings. The van der Waals surface area contributed by atoms with Gasteiger partial charge in [0.25, 0.3) is 5.91 Å². The lowest BCUT2D eigenvalue weighted by atomic mass is 9.81. The molecule has 1 saturated carbocycles. The van der Waals surface area contributed by atoms with Crippen LogP contribution in [0.4, 0.5) is 0 Å². The standard InChI is InChI=1S/C27H32N4O3/c1-34-14-13-31-18-22-16-21(9-10-24(22)25(31)32)20-7-5-19(6-8-20)15-23(17-28)30-26(33)27(29)11-3-2-4-12-27/h5-10,16,23H,2-4,11-15,18,29H2,1H3,(H,30,33). The van der Waals surface area contributed by atoms with Crippen molar-refractivity contribution in [2.45, 2.75) is 56.7 Å². The van der Waals surface area contributed by atoms with Gasteiger partial charge >= 0.3 is 0 Å². The van der Waals surface area contributed by atoms with Crippen molar-refractivity contribution < 1.29 is 14.3 Å². The third-order valence-corrected chi connectivity index (χ3v) is 6.94. The van der Waals surface area contributed by atoms with Crippen LogP contribution < -0.4 is 11.1 Å². The minimum atomic E-state index is -0.856. The number of hydrogen-bond donors (Lipinski definition) is 2. The zero-order valence-corrected chi connectivity index (χ0v) is 19.7. The summed E-state index contributed by atoms with van der Waals surface area (Å²) in [6.45, 7) is 1.69. The van der Waals surface area contributed by atoms with Crippen LogP contribution >= 0.6 is 0 Å². The Morgan fingerprint density at radius 2 is 1.88 bits per heavy atom. The number of carbonyl (C=O) groups is 2. The van der Waals surface area contributed by atoms with Crippen LogP contribution in [-0.2, 0) is 22.5 Å². The average molecular weight is 461 g/mol. The quantitative estimate of drug-likeness (QED) is 0.629. The lowest BCUT2D eigenvalue weighted by Crippen LogP contribution is -2.57. The van der Waals surface area contributed by atoms with E-state index < -0.39 is 11.6 Å². The summed E-state index contributed by atoms with van der Waals surface area (Å²) in [5.74, 6) is -0.173. The first-order valence-electron chi connectivity index (χ1n) is 11.9. The van der Waals surface area contributed by atoms with Crippen LogP contribution in [0.3, 0.4) is 0 Å². The molecule has 2 aromatic carbocycles. The number of nitrogens with two attached hydrogens (primary N) is 1. The van der Waals surface area contributed by atoms with E-state index in [-0.39, 0.29) is 11.8 Å². The fourth-order valence-corrected chi connectivity index (χ4v) is 4.85. The van der Waals surface area contributed by atoms with Gasteiger partial charge in [-0.05, 0) is 47.2 Å². The lowest BCUT2D eigenvalue weighted by molar-refractivity contribution is -0.127. The largest absolute Gasteiger partial charge is 0.383 e. The van der Waals surface area contributed by atoms with Crippen molar-refractivity contribution >= 4 is 11.8 Å². The molecule has 1 unspecified atom stereocenters. The Bertz CT molecular complexity index is 1080. The third-order valence-electron chi connectivity index (χ3n) is 6.94. The molecule has 2 aliphatic rings. The first kappa shape index (κ1) is 23.9. The van der Waals surface area contributed by atoms with Gasteiger partial charge in [0.2, 0.25) is 5.91 Å². The minimum Gasteiger partial charge on any atom is -0.383 e. The molecule has 7 heteroatoms. The van der Waals surface area contributed by atoms with Gasteiger partial charge in [-0.15, -0.1) is 0 Å². The van der Waals surface area contributed by atoms with Gasteiger partial charge in [0, 0.05) is 32.2 Å². The number of nitrogens with zero attached hydrogens (tertiary/aromatic N) is 2. The number of benzene rings is 2. The second-order valence-corrected chi connectivity index (χ2v) is 9.36. The molecule has 1 atom stereocenters. The Morgan fingerprint density at radius 3 is 2.56 bits per heavy atom. The number of methoxy groups -OCH3 is 1. The summed E-state index contributed by atoms with van der Waals surface area (Å²) >= 11 is 0. The number of nitriles is 1. The summed E-state index contributed by atoms with van der Waals surface area (Å²) in [7, 11) is 1.63. The molecule has 7 nitrogen and oxygen atoms in total. The molecule has 34 heavy (non-hydrogen) atoms. The van der Waals surface area contributed by atoms with Crippen molar-refractivity contribution in [1.82, 2.24) is 10.2 Å². The molecular formula is C27H32N4O3. The third kappa shape index (κ3) is 5.14. The Labute approximate surface area is 200 Å². The molecule has 1 aliphatic heterocycles. The number of carbonyl (C=O) groups excluding carboxylic acids is 2. The van der Waals surface area contributed by atoms with Gasteiger partial charge in [0.15, 0.2) is 0 Å². The Balaban J connectivity index is 1.40. The van der Waals surface area contributed by atoms with E-state index in [2.05, 4.69) is 17.5 Å². The molecule has 0 spiro atoms. The highest BCUT2D eigenvalue weighted by molar-refractivity contribution is 5.99. The van der Waals surface area contributed by atoms with Gasteiger partial charge in [-0.25, -0.2) is 0 Å². The van der Waals surface area contributed by atoms with Gasteiger partial charge in [-0.2, -0.15) is 5.26 Å². The van der Waals surface area contributed by atoms with Gasteiger partial charge in [0.1, 0.15) is 6.04 Å². The highest BCUT2D eigenvalue weighted by atomic mass is 16.5. The molecule has 1 aliphatic carbocycles. The van der Waals surface area contributed by atoms with Crippen molar-refractivity contribution in [2.24, 2.45) is 5.73 Å². The Kier molecular flexibility index (Phi) is 7.30. The number of ether oxygens (including phenoxy) is 1. The highest BCUT2D eigenvalue weighted by Gasteiger charge is 2.36. The van der Waals surface area contributed by atoms with Crippen molar-refractivity contribution in [1.29, 1.82) is 5.26 Å². The Hall–Kier alpha value is -3.21. The van der Waals surface area contributed by atoms with E-state index in [1.807, 2.05) is 36.4 Å². The molecule has 0 radical (unpaired) electrons. The second-order valence-electron chi connectivity index (χ2n) is 9.36. The molecule has 3 N–H and O–H groups in total. The molecule has 0 aromatic heterocycles. The van der Waals surface area contributed by atoms with E-state index in [0.29, 0.717) is 39.0 Å². The van der Waals surface area contributed by atoms with Gasteiger partial charge in [-0.3, -0.25) is 9.59 Å². The zero-order valence-electron chi connectivity index (χ0n) is 19.7. The summed E-state index contributed by atoms with van der Waals surface area (Å²) in [6.07, 6.45) is 4.76. The van der Waals surface area contributed by atoms with Crippen molar-refractivity contribution in [2.75, 3.05) is 20.3 Å². The molecule has 2 amide bonds. The smallest absolute Gasteiger partial charge is 0.254 e. The normalized spacial score (nSPS) is 17.7. The van der Waals surface area contributed by atoms with Crippen LogP contribution in [0.1, 0.15) is 53.6 Å². The van der Waals surface area contributed by atoms with E-state index in [9.17, 15) is 14.9 Å². The molecule has 0 saturated heterocycles. The summed E-state index contributed by atoms with van der Waals surface area (Å²) in [5.41, 5.74) is 10.3. The molecule has 2 aromatic rings. The fourth-order valence-electron chi connectivity index (χ4n) is 4.85. The van der Waals surface area contributed by atoms with Gasteiger partial charge in [0.05, 0.1) is 18.2 Å². The topological polar surface area (TPSA) is 108 Å². The maximum Gasteiger partial charge on any atom is 0.254 e. The maximum atomic E-state index is 12.7. The van der Waals surface area contributed by atoms with E-state index in [0.717, 1.165) is 47.1 Å². The highest BCUT2D eigenvalue weighted by Crippen LogP contribution is 2.29. The number of nitrogens with one attached hydrogen (secondary N) is 1. The lowest BCUT2D eigenvalue weighted by Gasteiger charge is -2.32. The van der Waals surface area contributed by atoms with Crippen LogP contribution in [-0.4, -0.2) is 48.6 Å². The molecule has 1 heterocycles. The van der Waals surface area contributed by atoms with Crippen molar-refractivity contribution in [3.8, 4) is 17.2 Å². The summed E-state index contributed by atoms with van der Waals surface area (Å²) in [5, 5.41) is 12.4. The number of hydrogen-bond acceptors (Lipinski definition) is 5. The molecule has 0 bridgehead atoms. The number of rotatable bonds is 8. The predicted molar refractivity (Wildman–Crippen MR) is 130 cm³/mol. The summed E-state index contributed by atoms with van der Waals surface area (Å²) < 4.78 is 5.10. The maximum absolute atomic E-state index is 12.7. The van der Waals surface area contributed by atoms with E-state index in [1.165, 1.54) is 0 Å². The Morgan fingerprint density at radius 1 is 1.18 bits per heavy atom. The average Bonchev–Trinajstić information content (AvgIpc) is 3.17.